The van der Waals surface area contributed by atoms with Crippen LogP contribution in [0.15, 0.2) is 47.2 Å². The minimum Gasteiger partial charge on any atom is -0.345 e. The van der Waals surface area contributed by atoms with Gasteiger partial charge in [0, 0.05) is 39.1 Å². The number of aromatic nitrogens is 2. The molecule has 0 fully saturated rings. The molecule has 0 bridgehead atoms. The molecule has 0 aliphatic carbocycles. The number of sulfonamides is 1. The lowest BCUT2D eigenvalue weighted by atomic mass is 10.0. The van der Waals surface area contributed by atoms with E-state index in [-0.39, 0.29) is 11.5 Å². The lowest BCUT2D eigenvalue weighted by Gasteiger charge is -2.08. The molecule has 0 unspecified atom stereocenters. The monoisotopic (exact) mass is 481 g/mol. The molecule has 3 rings (SSSR count). The third kappa shape index (κ3) is 6.68. The quantitative estimate of drug-likeness (QED) is 0.437. The fourth-order valence-corrected chi connectivity index (χ4v) is 4.00. The first-order valence-electron chi connectivity index (χ1n) is 9.67. The van der Waals surface area contributed by atoms with Gasteiger partial charge < -0.3 is 4.98 Å². The minimum atomic E-state index is -3.40. The molecule has 0 saturated carbocycles. The van der Waals surface area contributed by atoms with Gasteiger partial charge in [0.15, 0.2) is 5.78 Å². The fourth-order valence-electron chi connectivity index (χ4n) is 2.54. The number of nitrogens with one attached hydrogen (secondary N) is 2. The van der Waals surface area contributed by atoms with Crippen molar-refractivity contribution in [2.24, 2.45) is 0 Å². The van der Waals surface area contributed by atoms with E-state index in [1.807, 2.05) is 33.8 Å². The summed E-state index contributed by atoms with van der Waals surface area (Å²) in [5.74, 6) is -0.171. The van der Waals surface area contributed by atoms with Crippen molar-refractivity contribution >= 4 is 48.5 Å². The number of anilines is 1. The molecule has 0 atom stereocenters. The predicted molar refractivity (Wildman–Crippen MR) is 124 cm³/mol. The normalized spacial score (nSPS) is 10.4. The van der Waals surface area contributed by atoms with Gasteiger partial charge in [0.05, 0.1) is 5.75 Å². The highest BCUT2D eigenvalue weighted by atomic mass is 79.9. The molecule has 0 saturated heterocycles. The zero-order valence-corrected chi connectivity index (χ0v) is 19.8. The summed E-state index contributed by atoms with van der Waals surface area (Å²) in [7, 11) is -3.40. The fraction of sp³-hybridized carbons (Fsp3) is 0.333. The zero-order valence-electron chi connectivity index (χ0n) is 17.4. The lowest BCUT2D eigenvalue weighted by Crippen LogP contribution is -2.16. The Labute approximate surface area is 181 Å². The number of carbonyl (C=O) groups is 1. The summed E-state index contributed by atoms with van der Waals surface area (Å²) in [6.45, 7) is 9.79. The summed E-state index contributed by atoms with van der Waals surface area (Å²) in [4.78, 5) is 20.0. The second-order valence-electron chi connectivity index (χ2n) is 5.58. The number of fused-ring (bicyclic) bond motifs is 1. The molecule has 158 valence electrons. The van der Waals surface area contributed by atoms with Crippen LogP contribution in [0.3, 0.4) is 0 Å². The molecule has 0 amide bonds. The minimum absolute atomic E-state index is 0.0350. The Morgan fingerprint density at radius 2 is 1.86 bits per heavy atom. The van der Waals surface area contributed by atoms with Gasteiger partial charge in [-0.3, -0.25) is 9.52 Å². The molecule has 2 N–H and O–H groups in total. The number of benzene rings is 1. The largest absolute Gasteiger partial charge is 0.345 e. The molecular formula is C21H28BrN3O3S. The Bertz CT molecular complexity index is 1050. The van der Waals surface area contributed by atoms with Crippen LogP contribution in [0.2, 0.25) is 0 Å². The van der Waals surface area contributed by atoms with Gasteiger partial charge in [-0.25, -0.2) is 13.4 Å². The van der Waals surface area contributed by atoms with Gasteiger partial charge in [-0.2, -0.15) is 0 Å². The molecular weight excluding hydrogens is 454 g/mol. The standard InChI is InChI=1S/C17H16BrN3O3S.2C2H6/c1-2-6-25(23,24)21-13-5-3-4-11(7-13)16(22)15-10-20-17-14(15)8-12(18)9-19-17;2*1-2/h3-5,7-10,21H,2,6H2,1H3,(H,19,20);2*1-2H3. The van der Waals surface area contributed by atoms with E-state index in [1.54, 1.807) is 43.6 Å². The van der Waals surface area contributed by atoms with Crippen molar-refractivity contribution in [3.63, 3.8) is 0 Å². The average Bonchev–Trinajstić information content (AvgIpc) is 3.13. The summed E-state index contributed by atoms with van der Waals surface area (Å²) in [5, 5.41) is 0.705. The van der Waals surface area contributed by atoms with Crippen LogP contribution in [0.25, 0.3) is 11.0 Å². The molecule has 0 aliphatic heterocycles. The van der Waals surface area contributed by atoms with Crippen molar-refractivity contribution < 1.29 is 13.2 Å². The van der Waals surface area contributed by atoms with Crippen LogP contribution >= 0.6 is 15.9 Å². The maximum Gasteiger partial charge on any atom is 0.232 e. The van der Waals surface area contributed by atoms with Crippen LogP contribution in [0.4, 0.5) is 5.69 Å². The third-order valence-corrected chi connectivity index (χ3v) is 5.54. The number of ketones is 1. The Morgan fingerprint density at radius 3 is 2.52 bits per heavy atom. The van der Waals surface area contributed by atoms with E-state index in [4.69, 9.17) is 0 Å². The molecule has 2 aromatic heterocycles. The number of nitrogens with zero attached hydrogens (tertiary/aromatic N) is 1. The first-order chi connectivity index (χ1) is 13.9. The van der Waals surface area contributed by atoms with Crippen LogP contribution < -0.4 is 4.72 Å². The van der Waals surface area contributed by atoms with Crippen molar-refractivity contribution in [1.82, 2.24) is 9.97 Å². The van der Waals surface area contributed by atoms with Gasteiger partial charge in [-0.1, -0.05) is 46.8 Å². The number of rotatable bonds is 6. The van der Waals surface area contributed by atoms with Gasteiger partial charge >= 0.3 is 0 Å². The first-order valence-corrected chi connectivity index (χ1v) is 12.1. The number of H-pyrrole nitrogens is 1. The van der Waals surface area contributed by atoms with Gasteiger partial charge in [0.2, 0.25) is 10.0 Å². The molecule has 8 heteroatoms. The number of carbonyl (C=O) groups excluding carboxylic acids is 1. The van der Waals surface area contributed by atoms with E-state index in [9.17, 15) is 13.2 Å². The van der Waals surface area contributed by atoms with E-state index < -0.39 is 10.0 Å². The Kier molecular flexibility index (Phi) is 10.0. The molecule has 29 heavy (non-hydrogen) atoms. The van der Waals surface area contributed by atoms with E-state index in [1.165, 1.54) is 0 Å². The maximum absolute atomic E-state index is 12.8. The predicted octanol–water partition coefficient (Wildman–Crippen LogP) is 5.76. The number of aromatic amines is 1. The highest BCUT2D eigenvalue weighted by molar-refractivity contribution is 9.10. The van der Waals surface area contributed by atoms with E-state index in [2.05, 4.69) is 30.6 Å². The summed E-state index contributed by atoms with van der Waals surface area (Å²) in [6, 6.07) is 8.29. The first kappa shape index (κ1) is 24.8. The molecule has 3 aromatic rings. The van der Waals surface area contributed by atoms with Gasteiger partial charge in [0.25, 0.3) is 0 Å². The van der Waals surface area contributed by atoms with E-state index >= 15 is 0 Å². The smallest absolute Gasteiger partial charge is 0.232 e. The van der Waals surface area contributed by atoms with Crippen molar-refractivity contribution in [1.29, 1.82) is 0 Å². The van der Waals surface area contributed by atoms with Crippen molar-refractivity contribution in [2.75, 3.05) is 10.5 Å². The van der Waals surface area contributed by atoms with Crippen LogP contribution in [0.1, 0.15) is 57.0 Å². The Balaban J connectivity index is 0.000000989. The van der Waals surface area contributed by atoms with Crippen LogP contribution in [0.5, 0.6) is 0 Å². The number of pyridine rings is 1. The third-order valence-electron chi connectivity index (χ3n) is 3.61. The zero-order chi connectivity index (χ0) is 22.0. The molecule has 0 aliphatic rings. The highest BCUT2D eigenvalue weighted by Gasteiger charge is 2.16. The maximum atomic E-state index is 12.8. The van der Waals surface area contributed by atoms with Crippen LogP contribution in [-0.4, -0.2) is 29.9 Å². The Hall–Kier alpha value is -2.19. The number of hydrogen-bond donors (Lipinski definition) is 2. The van der Waals surface area contributed by atoms with Gasteiger partial charge in [-0.15, -0.1) is 0 Å². The Morgan fingerprint density at radius 1 is 1.17 bits per heavy atom. The van der Waals surface area contributed by atoms with Crippen molar-refractivity contribution in [3.8, 4) is 0 Å². The van der Waals surface area contributed by atoms with Gasteiger partial charge in [0.1, 0.15) is 5.65 Å². The second-order valence-corrected chi connectivity index (χ2v) is 8.34. The summed E-state index contributed by atoms with van der Waals surface area (Å²) < 4.78 is 27.1. The van der Waals surface area contributed by atoms with Crippen molar-refractivity contribution in [2.45, 2.75) is 41.0 Å². The number of halogens is 1. The van der Waals surface area contributed by atoms with E-state index in [0.717, 1.165) is 4.47 Å². The lowest BCUT2D eigenvalue weighted by molar-refractivity contribution is 0.104. The summed E-state index contributed by atoms with van der Waals surface area (Å²) in [5.41, 5.74) is 1.87. The summed E-state index contributed by atoms with van der Waals surface area (Å²) >= 11 is 3.35. The van der Waals surface area contributed by atoms with Gasteiger partial charge in [-0.05, 0) is 40.5 Å². The SMILES string of the molecule is CC.CC.CCCS(=O)(=O)Nc1cccc(C(=O)c2c[nH]c3ncc(Br)cc23)c1. The molecule has 2 heterocycles. The molecule has 1 aromatic carbocycles. The van der Waals surface area contributed by atoms with Crippen LogP contribution in [-0.2, 0) is 10.0 Å². The van der Waals surface area contributed by atoms with Crippen LogP contribution in [0, 0.1) is 0 Å². The van der Waals surface area contributed by atoms with E-state index in [0.29, 0.717) is 34.3 Å². The molecule has 0 spiro atoms. The number of hydrogen-bond acceptors (Lipinski definition) is 4. The highest BCUT2D eigenvalue weighted by Crippen LogP contribution is 2.24. The molecule has 0 radical (unpaired) electrons. The topological polar surface area (TPSA) is 91.9 Å². The summed E-state index contributed by atoms with van der Waals surface area (Å²) in [6.07, 6.45) is 3.78. The molecule has 6 nitrogen and oxygen atoms in total. The second kappa shape index (κ2) is 11.7. The average molecular weight is 482 g/mol. The van der Waals surface area contributed by atoms with Crippen molar-refractivity contribution in [3.05, 3.63) is 58.3 Å².